The van der Waals surface area contributed by atoms with E-state index in [4.69, 9.17) is 28.4 Å². The standard InChI is InChI=1S/C37H36N6O12/c1-6-29(44)51-21-41(20-50-28-18-16-27(17-19-28)34(49)26-14-12-11-13-15-26)35-38-36(42(22-52-30(45)7-2)23-53-31(46)8-3)40-37(39-35)43(24-54-32(47)9-4)25-55-33(48)10-5/h6-19H,1-5,20-25H2. The molecule has 3 aromatic rings. The van der Waals surface area contributed by atoms with Crippen LogP contribution in [0.15, 0.2) is 118 Å². The van der Waals surface area contributed by atoms with Crippen LogP contribution in [0, 0.1) is 0 Å². The van der Waals surface area contributed by atoms with E-state index in [-0.39, 0.29) is 29.4 Å². The number of esters is 5. The fourth-order valence-corrected chi connectivity index (χ4v) is 3.84. The Morgan fingerprint density at radius 3 is 1.09 bits per heavy atom. The molecule has 0 fully saturated rings. The van der Waals surface area contributed by atoms with Gasteiger partial charge in [0.15, 0.2) is 46.2 Å². The van der Waals surface area contributed by atoms with Gasteiger partial charge in [0, 0.05) is 41.5 Å². The number of anilines is 3. The van der Waals surface area contributed by atoms with Crippen LogP contribution in [-0.4, -0.2) is 91.0 Å². The number of aromatic nitrogens is 3. The van der Waals surface area contributed by atoms with Gasteiger partial charge in [0.05, 0.1) is 0 Å². The minimum absolute atomic E-state index is 0.209. The van der Waals surface area contributed by atoms with Crippen LogP contribution in [0.25, 0.3) is 0 Å². The maximum absolute atomic E-state index is 12.9. The Morgan fingerprint density at radius 2 is 0.764 bits per heavy atom. The fraction of sp³-hybridized carbons (Fsp3) is 0.162. The number of carbonyl (C=O) groups is 6. The highest BCUT2D eigenvalue weighted by Crippen LogP contribution is 2.22. The van der Waals surface area contributed by atoms with Crippen molar-refractivity contribution in [2.45, 2.75) is 0 Å². The second-order valence-electron chi connectivity index (χ2n) is 10.3. The number of carbonyl (C=O) groups excluding carboxylic acids is 6. The van der Waals surface area contributed by atoms with Crippen molar-refractivity contribution in [3.8, 4) is 5.75 Å². The molecule has 0 aliphatic rings. The molecular weight excluding hydrogens is 720 g/mol. The van der Waals surface area contributed by atoms with Crippen molar-refractivity contribution in [3.05, 3.63) is 129 Å². The number of ether oxygens (including phenoxy) is 6. The van der Waals surface area contributed by atoms with E-state index in [1.807, 2.05) is 0 Å². The van der Waals surface area contributed by atoms with Gasteiger partial charge in [-0.05, 0) is 24.3 Å². The van der Waals surface area contributed by atoms with Crippen molar-refractivity contribution in [2.75, 3.05) is 55.1 Å². The first-order valence-electron chi connectivity index (χ1n) is 15.8. The summed E-state index contributed by atoms with van der Waals surface area (Å²) in [5, 5.41) is 0. The lowest BCUT2D eigenvalue weighted by atomic mass is 10.0. The van der Waals surface area contributed by atoms with E-state index in [1.54, 1.807) is 54.6 Å². The molecule has 2 aromatic carbocycles. The van der Waals surface area contributed by atoms with Gasteiger partial charge >= 0.3 is 29.8 Å². The smallest absolute Gasteiger partial charge is 0.331 e. The quantitative estimate of drug-likeness (QED) is 0.0448. The molecule has 18 nitrogen and oxygen atoms in total. The number of hydrogen-bond donors (Lipinski definition) is 0. The van der Waals surface area contributed by atoms with Gasteiger partial charge in [-0.25, -0.2) is 24.0 Å². The van der Waals surface area contributed by atoms with Crippen molar-refractivity contribution in [2.24, 2.45) is 0 Å². The second-order valence-corrected chi connectivity index (χ2v) is 10.3. The molecule has 286 valence electrons. The molecule has 0 radical (unpaired) electrons. The second kappa shape index (κ2) is 21.7. The van der Waals surface area contributed by atoms with E-state index < -0.39 is 70.2 Å². The van der Waals surface area contributed by atoms with Crippen molar-refractivity contribution >= 4 is 53.5 Å². The first kappa shape index (κ1) is 41.8. The van der Waals surface area contributed by atoms with Gasteiger partial charge in [0.2, 0.25) is 17.8 Å². The molecule has 18 heteroatoms. The van der Waals surface area contributed by atoms with Crippen molar-refractivity contribution < 1.29 is 57.2 Å². The molecule has 0 atom stereocenters. The van der Waals surface area contributed by atoms with Gasteiger partial charge < -0.3 is 28.4 Å². The third-order valence-corrected chi connectivity index (χ3v) is 6.63. The highest BCUT2D eigenvalue weighted by atomic mass is 16.6. The van der Waals surface area contributed by atoms with Crippen LogP contribution in [-0.2, 0) is 47.7 Å². The monoisotopic (exact) mass is 756 g/mol. The third kappa shape index (κ3) is 13.5. The number of hydrogen-bond acceptors (Lipinski definition) is 18. The zero-order chi connectivity index (χ0) is 40.2. The highest BCUT2D eigenvalue weighted by molar-refractivity contribution is 6.09. The molecule has 0 saturated heterocycles. The van der Waals surface area contributed by atoms with Crippen LogP contribution in [0.1, 0.15) is 15.9 Å². The first-order chi connectivity index (χ1) is 26.5. The first-order valence-corrected chi connectivity index (χ1v) is 15.8. The summed E-state index contributed by atoms with van der Waals surface area (Å²) in [6.07, 6.45) is 4.47. The summed E-state index contributed by atoms with van der Waals surface area (Å²) in [7, 11) is 0. The van der Waals surface area contributed by atoms with E-state index in [1.165, 1.54) is 4.90 Å². The summed E-state index contributed by atoms with van der Waals surface area (Å²) in [5.41, 5.74) is 0.888. The molecule has 55 heavy (non-hydrogen) atoms. The van der Waals surface area contributed by atoms with E-state index in [0.717, 1.165) is 40.2 Å². The lowest BCUT2D eigenvalue weighted by Crippen LogP contribution is -2.38. The van der Waals surface area contributed by atoms with E-state index in [9.17, 15) is 28.8 Å². The zero-order valence-electron chi connectivity index (χ0n) is 29.4. The van der Waals surface area contributed by atoms with Crippen LogP contribution >= 0.6 is 0 Å². The van der Waals surface area contributed by atoms with Gasteiger partial charge in [-0.15, -0.1) is 0 Å². The third-order valence-electron chi connectivity index (χ3n) is 6.63. The van der Waals surface area contributed by atoms with Crippen LogP contribution in [0.3, 0.4) is 0 Å². The number of benzene rings is 2. The van der Waals surface area contributed by atoms with E-state index >= 15 is 0 Å². The largest absolute Gasteiger partial charge is 0.473 e. The van der Waals surface area contributed by atoms with Gasteiger partial charge in [-0.1, -0.05) is 63.2 Å². The average Bonchev–Trinajstić information content (AvgIpc) is 3.22. The lowest BCUT2D eigenvalue weighted by Gasteiger charge is -2.28. The van der Waals surface area contributed by atoms with Crippen LogP contribution in [0.2, 0.25) is 0 Å². The van der Waals surface area contributed by atoms with E-state index in [0.29, 0.717) is 11.1 Å². The normalized spacial score (nSPS) is 9.96. The zero-order valence-corrected chi connectivity index (χ0v) is 29.4. The maximum Gasteiger partial charge on any atom is 0.331 e. The molecule has 0 aliphatic carbocycles. The summed E-state index contributed by atoms with van der Waals surface area (Å²) >= 11 is 0. The minimum atomic E-state index is -0.855. The van der Waals surface area contributed by atoms with Crippen LogP contribution in [0.4, 0.5) is 17.8 Å². The van der Waals surface area contributed by atoms with Gasteiger partial charge in [0.1, 0.15) is 5.75 Å². The highest BCUT2D eigenvalue weighted by Gasteiger charge is 2.24. The maximum atomic E-state index is 12.9. The Kier molecular flexibility index (Phi) is 16.5. The molecule has 0 spiro atoms. The Morgan fingerprint density at radius 1 is 0.455 bits per heavy atom. The Balaban J connectivity index is 2.10. The molecule has 0 bridgehead atoms. The predicted molar refractivity (Wildman–Crippen MR) is 195 cm³/mol. The summed E-state index contributed by atoms with van der Waals surface area (Å²) in [6.45, 7) is 13.4. The van der Waals surface area contributed by atoms with Crippen LogP contribution in [0.5, 0.6) is 5.75 Å². The number of rotatable bonds is 23. The molecule has 1 aromatic heterocycles. The topological polar surface area (TPSA) is 206 Å². The number of nitrogens with zero attached hydrogens (tertiary/aromatic N) is 6. The van der Waals surface area contributed by atoms with Gasteiger partial charge in [-0.2, -0.15) is 15.0 Å². The summed E-state index contributed by atoms with van der Waals surface area (Å²) in [6, 6.07) is 14.9. The molecule has 1 heterocycles. The Bertz CT molecular complexity index is 1780. The van der Waals surface area contributed by atoms with E-state index in [2.05, 4.69) is 47.8 Å². The Hall–Kier alpha value is -7.63. The summed E-state index contributed by atoms with van der Waals surface area (Å²) in [5.74, 6) is -5.11. The van der Waals surface area contributed by atoms with Crippen molar-refractivity contribution in [3.63, 3.8) is 0 Å². The van der Waals surface area contributed by atoms with Crippen molar-refractivity contribution in [1.29, 1.82) is 0 Å². The number of ketones is 1. The predicted octanol–water partition coefficient (Wildman–Crippen LogP) is 2.99. The molecule has 3 rings (SSSR count). The lowest BCUT2D eigenvalue weighted by molar-refractivity contribution is -0.141. The molecule has 0 aliphatic heterocycles. The van der Waals surface area contributed by atoms with Gasteiger partial charge in [-0.3, -0.25) is 19.5 Å². The SMILES string of the molecule is C=CC(=O)OCN(COC(=O)C=C)c1nc(N(COC(=O)C=C)COC(=O)C=C)nc(N(COC(=O)C=C)COc2ccc(C(=O)c3ccccc3)cc2)n1. The minimum Gasteiger partial charge on any atom is -0.473 e. The molecule has 0 saturated carbocycles. The summed E-state index contributed by atoms with van der Waals surface area (Å²) in [4.78, 5) is 89.7. The molecular formula is C37H36N6O12. The molecule has 0 N–H and O–H groups in total. The van der Waals surface area contributed by atoms with Crippen LogP contribution < -0.4 is 19.4 Å². The molecule has 0 amide bonds. The Labute approximate surface area is 315 Å². The average molecular weight is 757 g/mol. The molecule has 0 unspecified atom stereocenters. The summed E-state index contributed by atoms with van der Waals surface area (Å²) < 4.78 is 31.8. The fourth-order valence-electron chi connectivity index (χ4n) is 3.84. The van der Waals surface area contributed by atoms with Crippen molar-refractivity contribution in [1.82, 2.24) is 15.0 Å². The van der Waals surface area contributed by atoms with Gasteiger partial charge in [0.25, 0.3) is 0 Å².